The van der Waals surface area contributed by atoms with E-state index < -0.39 is 4.92 Å². The van der Waals surface area contributed by atoms with E-state index in [0.717, 1.165) is 32.4 Å². The Labute approximate surface area is 174 Å². The molecule has 0 N–H and O–H groups in total. The molecule has 0 unspecified atom stereocenters. The molecular weight excluding hydrogens is 446 g/mol. The monoisotopic (exact) mass is 461 g/mol. The van der Waals surface area contributed by atoms with Crippen LogP contribution in [0.25, 0.3) is 6.08 Å². The number of halogens is 1. The van der Waals surface area contributed by atoms with Gasteiger partial charge in [0.2, 0.25) is 0 Å². The Kier molecular flexibility index (Phi) is 5.85. The van der Waals surface area contributed by atoms with Crippen molar-refractivity contribution in [3.8, 4) is 0 Å². The standard InChI is InChI=1S/C19H16BrN3O4S/c1-21(2)16-8-5-13(9-15(16)20)10-17-18(24)22(19(25)28-17)11-12-3-6-14(7-4-12)23(26)27/h3-10H,11H2,1-2H3/b17-10-. The third-order valence-corrected chi connectivity index (χ3v) is 5.66. The Morgan fingerprint density at radius 3 is 2.43 bits per heavy atom. The van der Waals surface area contributed by atoms with Crippen LogP contribution < -0.4 is 4.90 Å². The molecule has 2 amide bonds. The van der Waals surface area contributed by atoms with E-state index in [1.807, 2.05) is 37.2 Å². The number of amides is 2. The molecule has 0 spiro atoms. The van der Waals surface area contributed by atoms with Gasteiger partial charge in [-0.15, -0.1) is 0 Å². The summed E-state index contributed by atoms with van der Waals surface area (Å²) in [5.41, 5.74) is 2.42. The van der Waals surface area contributed by atoms with Gasteiger partial charge in [0.25, 0.3) is 16.8 Å². The van der Waals surface area contributed by atoms with E-state index in [2.05, 4.69) is 15.9 Å². The van der Waals surface area contributed by atoms with Gasteiger partial charge in [-0.3, -0.25) is 24.6 Å². The van der Waals surface area contributed by atoms with Gasteiger partial charge in [0.1, 0.15) is 0 Å². The summed E-state index contributed by atoms with van der Waals surface area (Å²) in [6.07, 6.45) is 1.69. The highest BCUT2D eigenvalue weighted by atomic mass is 79.9. The normalized spacial score (nSPS) is 15.4. The first-order valence-electron chi connectivity index (χ1n) is 8.22. The second-order valence-corrected chi connectivity index (χ2v) is 8.14. The highest BCUT2D eigenvalue weighted by molar-refractivity contribution is 9.10. The first-order valence-corrected chi connectivity index (χ1v) is 9.83. The van der Waals surface area contributed by atoms with E-state index in [-0.39, 0.29) is 23.4 Å². The average molecular weight is 462 g/mol. The van der Waals surface area contributed by atoms with Crippen molar-refractivity contribution in [2.75, 3.05) is 19.0 Å². The molecule has 3 rings (SSSR count). The second-order valence-electron chi connectivity index (χ2n) is 6.30. The Morgan fingerprint density at radius 1 is 1.18 bits per heavy atom. The number of hydrogen-bond donors (Lipinski definition) is 0. The first-order chi connectivity index (χ1) is 13.3. The fourth-order valence-electron chi connectivity index (χ4n) is 2.67. The maximum atomic E-state index is 12.6. The molecule has 1 aliphatic rings. The van der Waals surface area contributed by atoms with E-state index in [0.29, 0.717) is 10.5 Å². The smallest absolute Gasteiger partial charge is 0.293 e. The topological polar surface area (TPSA) is 83.8 Å². The summed E-state index contributed by atoms with van der Waals surface area (Å²) in [5, 5.41) is 10.4. The number of nitro benzene ring substituents is 1. The fraction of sp³-hybridized carbons (Fsp3) is 0.158. The Balaban J connectivity index is 1.78. The summed E-state index contributed by atoms with van der Waals surface area (Å²) in [4.78, 5) is 38.6. The van der Waals surface area contributed by atoms with Gasteiger partial charge in [-0.2, -0.15) is 0 Å². The van der Waals surface area contributed by atoms with Crippen molar-refractivity contribution in [2.24, 2.45) is 0 Å². The minimum absolute atomic E-state index is 0.0375. The molecule has 0 aliphatic carbocycles. The second kappa shape index (κ2) is 8.15. The van der Waals surface area contributed by atoms with Crippen LogP contribution in [-0.4, -0.2) is 35.1 Å². The number of hydrogen-bond acceptors (Lipinski definition) is 6. The average Bonchev–Trinajstić information content (AvgIpc) is 2.89. The van der Waals surface area contributed by atoms with Crippen LogP contribution in [0.2, 0.25) is 0 Å². The van der Waals surface area contributed by atoms with E-state index >= 15 is 0 Å². The summed E-state index contributed by atoms with van der Waals surface area (Å²) >= 11 is 4.39. The predicted molar refractivity (Wildman–Crippen MR) is 113 cm³/mol. The van der Waals surface area contributed by atoms with Crippen LogP contribution in [0.3, 0.4) is 0 Å². The Hall–Kier alpha value is -2.65. The minimum Gasteiger partial charge on any atom is -0.377 e. The number of carbonyl (C=O) groups is 2. The molecule has 7 nitrogen and oxygen atoms in total. The van der Waals surface area contributed by atoms with Crippen LogP contribution in [0, 0.1) is 10.1 Å². The number of carbonyl (C=O) groups excluding carboxylic acids is 2. The number of nitro groups is 1. The number of non-ortho nitro benzene ring substituents is 1. The van der Waals surface area contributed by atoms with Crippen LogP contribution in [-0.2, 0) is 11.3 Å². The van der Waals surface area contributed by atoms with Gasteiger partial charge >= 0.3 is 0 Å². The largest absolute Gasteiger partial charge is 0.377 e. The summed E-state index contributed by atoms with van der Waals surface area (Å²) in [5.74, 6) is -0.374. The number of anilines is 1. The van der Waals surface area contributed by atoms with Gasteiger partial charge in [0.05, 0.1) is 22.1 Å². The SMILES string of the molecule is CN(C)c1ccc(/C=C2\SC(=O)N(Cc3ccc([N+](=O)[O-])cc3)C2=O)cc1Br. The molecule has 1 saturated heterocycles. The van der Waals surface area contributed by atoms with Crippen molar-refractivity contribution in [3.63, 3.8) is 0 Å². The molecule has 144 valence electrons. The summed E-state index contributed by atoms with van der Waals surface area (Å²) < 4.78 is 0.886. The molecule has 0 saturated carbocycles. The summed E-state index contributed by atoms with van der Waals surface area (Å²) in [6, 6.07) is 11.5. The third-order valence-electron chi connectivity index (χ3n) is 4.11. The molecule has 2 aromatic rings. The molecule has 9 heteroatoms. The van der Waals surface area contributed by atoms with Crippen molar-refractivity contribution in [1.82, 2.24) is 4.90 Å². The molecule has 1 heterocycles. The zero-order valence-corrected chi connectivity index (χ0v) is 17.5. The van der Waals surface area contributed by atoms with Crippen LogP contribution in [0.4, 0.5) is 16.2 Å². The predicted octanol–water partition coefficient (Wildman–Crippen LogP) is 4.66. The zero-order valence-electron chi connectivity index (χ0n) is 15.1. The van der Waals surface area contributed by atoms with Crippen molar-refractivity contribution in [2.45, 2.75) is 6.54 Å². The van der Waals surface area contributed by atoms with E-state index in [4.69, 9.17) is 0 Å². The van der Waals surface area contributed by atoms with Gasteiger partial charge in [-0.05, 0) is 57.0 Å². The van der Waals surface area contributed by atoms with Crippen molar-refractivity contribution < 1.29 is 14.5 Å². The quantitative estimate of drug-likeness (QED) is 0.365. The molecule has 0 bridgehead atoms. The molecule has 1 aliphatic heterocycles. The molecular formula is C19H16BrN3O4S. The van der Waals surface area contributed by atoms with Gasteiger partial charge < -0.3 is 4.90 Å². The number of thioether (sulfide) groups is 1. The Morgan fingerprint density at radius 2 is 1.86 bits per heavy atom. The summed E-state index contributed by atoms with van der Waals surface area (Å²) in [6.45, 7) is 0.0727. The van der Waals surface area contributed by atoms with E-state index in [1.165, 1.54) is 12.1 Å². The highest BCUT2D eigenvalue weighted by Gasteiger charge is 2.35. The molecule has 1 fully saturated rings. The molecule has 2 aromatic carbocycles. The van der Waals surface area contributed by atoms with E-state index in [1.54, 1.807) is 18.2 Å². The van der Waals surface area contributed by atoms with Gasteiger partial charge in [-0.25, -0.2) is 0 Å². The summed E-state index contributed by atoms with van der Waals surface area (Å²) in [7, 11) is 3.87. The number of imide groups is 1. The fourth-order valence-corrected chi connectivity index (χ4v) is 4.26. The van der Waals surface area contributed by atoms with Crippen LogP contribution in [0.1, 0.15) is 11.1 Å². The van der Waals surface area contributed by atoms with Crippen LogP contribution >= 0.6 is 27.7 Å². The molecule has 0 atom stereocenters. The number of benzene rings is 2. The van der Waals surface area contributed by atoms with E-state index in [9.17, 15) is 19.7 Å². The first kappa shape index (κ1) is 20.1. The number of rotatable bonds is 5. The molecule has 0 aromatic heterocycles. The maximum absolute atomic E-state index is 12.6. The lowest BCUT2D eigenvalue weighted by molar-refractivity contribution is -0.384. The van der Waals surface area contributed by atoms with Crippen molar-refractivity contribution in [1.29, 1.82) is 0 Å². The van der Waals surface area contributed by atoms with Gasteiger partial charge in [0, 0.05) is 30.7 Å². The lowest BCUT2D eigenvalue weighted by Gasteiger charge is -2.14. The lowest BCUT2D eigenvalue weighted by Crippen LogP contribution is -2.27. The van der Waals surface area contributed by atoms with Gasteiger partial charge in [-0.1, -0.05) is 18.2 Å². The molecule has 28 heavy (non-hydrogen) atoms. The lowest BCUT2D eigenvalue weighted by atomic mass is 10.1. The van der Waals surface area contributed by atoms with Crippen molar-refractivity contribution >= 4 is 56.3 Å². The van der Waals surface area contributed by atoms with Gasteiger partial charge in [0.15, 0.2) is 0 Å². The third kappa shape index (κ3) is 4.26. The minimum atomic E-state index is -0.494. The molecule has 0 radical (unpaired) electrons. The maximum Gasteiger partial charge on any atom is 0.293 e. The van der Waals surface area contributed by atoms with Crippen LogP contribution in [0.5, 0.6) is 0 Å². The van der Waals surface area contributed by atoms with Crippen LogP contribution in [0.15, 0.2) is 51.8 Å². The Bertz CT molecular complexity index is 989. The highest BCUT2D eigenvalue weighted by Crippen LogP contribution is 2.34. The van der Waals surface area contributed by atoms with Crippen molar-refractivity contribution in [3.05, 3.63) is 73.1 Å². The zero-order chi connectivity index (χ0) is 20.4. The number of nitrogens with zero attached hydrogens (tertiary/aromatic N) is 3.